The van der Waals surface area contributed by atoms with Crippen LogP contribution in [0.15, 0.2) is 42.5 Å². The second-order valence-electron chi connectivity index (χ2n) is 6.08. The summed E-state index contributed by atoms with van der Waals surface area (Å²) in [5, 5.41) is 1.06. The van der Waals surface area contributed by atoms with Crippen LogP contribution in [-0.4, -0.2) is 39.1 Å². The number of likely N-dealkylation sites (N-methyl/N-ethyl adjacent to an activating group) is 1. The molecule has 0 fully saturated rings. The Labute approximate surface area is 164 Å². The zero-order valence-electron chi connectivity index (χ0n) is 14.7. The molecule has 140 valence electrons. The van der Waals surface area contributed by atoms with E-state index in [2.05, 4.69) is 0 Å². The van der Waals surface area contributed by atoms with Crippen LogP contribution >= 0.6 is 23.2 Å². The zero-order valence-corrected chi connectivity index (χ0v) is 17.1. The third kappa shape index (κ3) is 5.37. The van der Waals surface area contributed by atoms with Crippen molar-refractivity contribution in [2.45, 2.75) is 13.5 Å². The topological polar surface area (TPSA) is 57.7 Å². The number of benzene rings is 2. The molecule has 0 radical (unpaired) electrons. The summed E-state index contributed by atoms with van der Waals surface area (Å²) < 4.78 is 25.4. The summed E-state index contributed by atoms with van der Waals surface area (Å²) in [4.78, 5) is 14.0. The highest BCUT2D eigenvalue weighted by atomic mass is 35.5. The average molecular weight is 415 g/mol. The number of nitrogens with zero attached hydrogens (tertiary/aromatic N) is 2. The Morgan fingerprint density at radius 1 is 1.08 bits per heavy atom. The van der Waals surface area contributed by atoms with Gasteiger partial charge in [-0.05, 0) is 42.3 Å². The number of halogens is 2. The highest BCUT2D eigenvalue weighted by Crippen LogP contribution is 2.25. The molecule has 0 saturated carbocycles. The fourth-order valence-corrected chi connectivity index (χ4v) is 3.47. The van der Waals surface area contributed by atoms with Crippen LogP contribution in [0.1, 0.15) is 11.1 Å². The Kier molecular flexibility index (Phi) is 6.55. The third-order valence-electron chi connectivity index (χ3n) is 3.88. The van der Waals surface area contributed by atoms with Crippen molar-refractivity contribution in [2.75, 3.05) is 24.2 Å². The van der Waals surface area contributed by atoms with Gasteiger partial charge in [0, 0.05) is 23.6 Å². The lowest BCUT2D eigenvalue weighted by atomic mass is 10.2. The van der Waals surface area contributed by atoms with Gasteiger partial charge in [-0.2, -0.15) is 0 Å². The summed E-state index contributed by atoms with van der Waals surface area (Å²) in [5.74, 6) is -0.331. The smallest absolute Gasteiger partial charge is 0.243 e. The van der Waals surface area contributed by atoms with Crippen molar-refractivity contribution in [2.24, 2.45) is 0 Å². The summed E-state index contributed by atoms with van der Waals surface area (Å²) in [6.07, 6.45) is 1.06. The van der Waals surface area contributed by atoms with Crippen LogP contribution in [0.2, 0.25) is 10.0 Å². The summed E-state index contributed by atoms with van der Waals surface area (Å²) >= 11 is 12.0. The normalized spacial score (nSPS) is 11.3. The van der Waals surface area contributed by atoms with Crippen LogP contribution in [0.5, 0.6) is 0 Å². The Bertz CT molecular complexity index is 899. The van der Waals surface area contributed by atoms with Gasteiger partial charge in [0.25, 0.3) is 0 Å². The van der Waals surface area contributed by atoms with Crippen LogP contribution in [0.3, 0.4) is 0 Å². The molecule has 0 heterocycles. The number of rotatable bonds is 6. The van der Waals surface area contributed by atoms with Crippen LogP contribution < -0.4 is 4.31 Å². The minimum atomic E-state index is -3.64. The van der Waals surface area contributed by atoms with Gasteiger partial charge in [0.1, 0.15) is 6.54 Å². The molecule has 0 aromatic heterocycles. The van der Waals surface area contributed by atoms with E-state index in [1.165, 1.54) is 4.90 Å². The first-order chi connectivity index (χ1) is 12.1. The molecule has 0 N–H and O–H groups in total. The first-order valence-electron chi connectivity index (χ1n) is 7.80. The van der Waals surface area contributed by atoms with E-state index in [0.29, 0.717) is 22.3 Å². The molecule has 0 spiro atoms. The molecule has 0 saturated heterocycles. The van der Waals surface area contributed by atoms with Crippen molar-refractivity contribution in [3.63, 3.8) is 0 Å². The second-order valence-corrected chi connectivity index (χ2v) is 8.83. The molecule has 0 aliphatic rings. The van der Waals surface area contributed by atoms with Gasteiger partial charge in [-0.1, -0.05) is 41.4 Å². The van der Waals surface area contributed by atoms with Crippen molar-refractivity contribution in [3.8, 4) is 0 Å². The summed E-state index contributed by atoms with van der Waals surface area (Å²) in [7, 11) is -2.02. The number of carbonyl (C=O) groups is 1. The minimum Gasteiger partial charge on any atom is -0.340 e. The van der Waals surface area contributed by atoms with Crippen molar-refractivity contribution in [1.82, 2.24) is 4.90 Å². The van der Waals surface area contributed by atoms with Crippen molar-refractivity contribution in [1.29, 1.82) is 0 Å². The molecule has 2 aromatic carbocycles. The Morgan fingerprint density at radius 3 is 2.23 bits per heavy atom. The van der Waals surface area contributed by atoms with Crippen LogP contribution in [0.25, 0.3) is 0 Å². The molecule has 26 heavy (non-hydrogen) atoms. The highest BCUT2D eigenvalue weighted by molar-refractivity contribution is 7.92. The van der Waals surface area contributed by atoms with Gasteiger partial charge in [-0.3, -0.25) is 9.10 Å². The molecule has 0 aliphatic carbocycles. The predicted octanol–water partition coefficient (Wildman–Crippen LogP) is 3.73. The van der Waals surface area contributed by atoms with Gasteiger partial charge in [0.05, 0.1) is 11.9 Å². The van der Waals surface area contributed by atoms with Gasteiger partial charge < -0.3 is 4.90 Å². The number of anilines is 1. The Hall–Kier alpha value is -1.76. The molecule has 0 bridgehead atoms. The lowest BCUT2D eigenvalue weighted by molar-refractivity contribution is -0.128. The number of sulfonamides is 1. The summed E-state index contributed by atoms with van der Waals surface area (Å²) in [6.45, 7) is 1.87. The predicted molar refractivity (Wildman–Crippen MR) is 106 cm³/mol. The van der Waals surface area contributed by atoms with E-state index in [1.807, 2.05) is 19.1 Å². The van der Waals surface area contributed by atoms with Gasteiger partial charge >= 0.3 is 0 Å². The maximum atomic E-state index is 12.6. The average Bonchev–Trinajstić information content (AvgIpc) is 2.56. The van der Waals surface area contributed by atoms with E-state index in [1.54, 1.807) is 37.4 Å². The fraction of sp³-hybridized carbons (Fsp3) is 0.278. The molecule has 8 heteroatoms. The van der Waals surface area contributed by atoms with Crippen LogP contribution in [0, 0.1) is 6.92 Å². The molecule has 2 aromatic rings. The fourth-order valence-electron chi connectivity index (χ4n) is 2.33. The molecule has 2 rings (SSSR count). The molecule has 0 unspecified atom stereocenters. The van der Waals surface area contributed by atoms with E-state index < -0.39 is 10.0 Å². The van der Waals surface area contributed by atoms with E-state index in [-0.39, 0.29) is 12.5 Å². The molecular weight excluding hydrogens is 395 g/mol. The van der Waals surface area contributed by atoms with E-state index in [0.717, 1.165) is 21.7 Å². The standard InChI is InChI=1S/C18H20Cl2N2O3S/c1-13-4-9-16(10-17(13)20)22(26(3,24)25)12-18(23)21(2)11-14-5-7-15(19)8-6-14/h4-10H,11-12H2,1-3H3. The molecular formula is C18H20Cl2N2O3S. The number of hydrogen-bond acceptors (Lipinski definition) is 3. The zero-order chi connectivity index (χ0) is 19.5. The van der Waals surface area contributed by atoms with E-state index in [9.17, 15) is 13.2 Å². The Balaban J connectivity index is 2.18. The number of carbonyl (C=O) groups excluding carboxylic acids is 1. The molecule has 0 aliphatic heterocycles. The number of amides is 1. The largest absolute Gasteiger partial charge is 0.340 e. The SMILES string of the molecule is Cc1ccc(N(CC(=O)N(C)Cc2ccc(Cl)cc2)S(C)(=O)=O)cc1Cl. The maximum absolute atomic E-state index is 12.6. The molecule has 1 amide bonds. The van der Waals surface area contributed by atoms with Gasteiger partial charge in [0.2, 0.25) is 15.9 Å². The number of hydrogen-bond donors (Lipinski definition) is 0. The van der Waals surface area contributed by atoms with Crippen molar-refractivity contribution in [3.05, 3.63) is 63.6 Å². The van der Waals surface area contributed by atoms with Crippen LogP contribution in [-0.2, 0) is 21.4 Å². The molecule has 5 nitrogen and oxygen atoms in total. The minimum absolute atomic E-state index is 0.303. The van der Waals surface area contributed by atoms with E-state index >= 15 is 0 Å². The molecule has 0 atom stereocenters. The lowest BCUT2D eigenvalue weighted by Crippen LogP contribution is -2.41. The second kappa shape index (κ2) is 8.29. The van der Waals surface area contributed by atoms with Crippen LogP contribution in [0.4, 0.5) is 5.69 Å². The summed E-state index contributed by atoms with van der Waals surface area (Å²) in [6, 6.07) is 12.0. The monoisotopic (exact) mass is 414 g/mol. The van der Waals surface area contributed by atoms with Crippen molar-refractivity contribution < 1.29 is 13.2 Å². The first-order valence-corrected chi connectivity index (χ1v) is 10.4. The Morgan fingerprint density at radius 2 is 1.69 bits per heavy atom. The highest BCUT2D eigenvalue weighted by Gasteiger charge is 2.23. The maximum Gasteiger partial charge on any atom is 0.243 e. The summed E-state index contributed by atoms with van der Waals surface area (Å²) in [5.41, 5.74) is 2.08. The first kappa shape index (κ1) is 20.6. The third-order valence-corrected chi connectivity index (χ3v) is 5.68. The van der Waals surface area contributed by atoms with Crippen molar-refractivity contribution >= 4 is 44.8 Å². The number of aryl methyl sites for hydroxylation is 1. The van der Waals surface area contributed by atoms with E-state index in [4.69, 9.17) is 23.2 Å². The van der Waals surface area contributed by atoms with Gasteiger partial charge in [-0.15, -0.1) is 0 Å². The quantitative estimate of drug-likeness (QED) is 0.723. The van der Waals surface area contributed by atoms with Gasteiger partial charge in [0.15, 0.2) is 0 Å². The van der Waals surface area contributed by atoms with Gasteiger partial charge in [-0.25, -0.2) is 8.42 Å². The lowest BCUT2D eigenvalue weighted by Gasteiger charge is -2.25.